The lowest BCUT2D eigenvalue weighted by atomic mass is 10.2. The van der Waals surface area contributed by atoms with Crippen molar-refractivity contribution in [3.8, 4) is 5.75 Å². The minimum Gasteiger partial charge on any atom is -0.479 e. The number of hydrogen-bond acceptors (Lipinski definition) is 3. The predicted molar refractivity (Wildman–Crippen MR) is 76.7 cm³/mol. The summed E-state index contributed by atoms with van der Waals surface area (Å²) in [5.74, 6) is 0.958. The summed E-state index contributed by atoms with van der Waals surface area (Å²) in [6, 6.07) is 6.83. The Hall–Kier alpha value is -2.01. The average molecular weight is 294 g/mol. The van der Waals surface area contributed by atoms with Crippen molar-refractivity contribution in [3.05, 3.63) is 47.5 Å². The maximum absolute atomic E-state index is 12.0. The van der Waals surface area contributed by atoms with E-state index in [-0.39, 0.29) is 11.9 Å². The number of nitrogens with zero attached hydrogens (tertiary/aromatic N) is 1. The number of carbonyl (C=O) groups excluding carboxylic acids is 1. The second-order valence-corrected chi connectivity index (χ2v) is 4.80. The number of para-hydroxylation sites is 1. The molecule has 0 saturated heterocycles. The number of H-pyrrole nitrogens is 1. The molecule has 2 N–H and O–H groups in total. The summed E-state index contributed by atoms with van der Waals surface area (Å²) in [7, 11) is 0. The van der Waals surface area contributed by atoms with Gasteiger partial charge in [-0.1, -0.05) is 23.7 Å². The van der Waals surface area contributed by atoms with E-state index in [0.717, 1.165) is 0 Å². The highest BCUT2D eigenvalue weighted by Crippen LogP contribution is 2.24. The molecule has 1 heterocycles. The first-order valence-electron chi connectivity index (χ1n) is 6.28. The maximum Gasteiger partial charge on any atom is 0.261 e. The van der Waals surface area contributed by atoms with E-state index in [4.69, 9.17) is 16.3 Å². The van der Waals surface area contributed by atoms with E-state index >= 15 is 0 Å². The van der Waals surface area contributed by atoms with E-state index < -0.39 is 6.10 Å². The van der Waals surface area contributed by atoms with Crippen LogP contribution in [0, 0.1) is 0 Å². The summed E-state index contributed by atoms with van der Waals surface area (Å²) >= 11 is 5.99. The Morgan fingerprint density at radius 2 is 2.15 bits per heavy atom. The number of nitrogens with one attached hydrogen (secondary N) is 2. The second kappa shape index (κ2) is 6.43. The van der Waals surface area contributed by atoms with Crippen LogP contribution in [-0.4, -0.2) is 22.0 Å². The zero-order valence-electron chi connectivity index (χ0n) is 11.3. The summed E-state index contributed by atoms with van der Waals surface area (Å²) in [4.78, 5) is 19.1. The van der Waals surface area contributed by atoms with Crippen LogP contribution in [0.2, 0.25) is 5.02 Å². The van der Waals surface area contributed by atoms with E-state index in [1.807, 2.05) is 6.92 Å². The van der Waals surface area contributed by atoms with E-state index in [1.54, 1.807) is 43.6 Å². The first kappa shape index (κ1) is 14.4. The molecule has 0 bridgehead atoms. The maximum atomic E-state index is 12.0. The first-order valence-corrected chi connectivity index (χ1v) is 6.66. The molecule has 5 nitrogen and oxygen atoms in total. The molecular formula is C14H16ClN3O2. The fraction of sp³-hybridized carbons (Fsp3) is 0.286. The molecule has 6 heteroatoms. The standard InChI is InChI=1S/C14H16ClN3O2/c1-9(13-16-7-8-17-13)18-14(19)10(2)20-12-6-4-3-5-11(12)15/h3-10H,1-2H3,(H,16,17)(H,18,19). The Kier molecular flexibility index (Phi) is 4.63. The monoisotopic (exact) mass is 293 g/mol. The Bertz CT molecular complexity index is 572. The third kappa shape index (κ3) is 3.51. The highest BCUT2D eigenvalue weighted by molar-refractivity contribution is 6.32. The third-order valence-electron chi connectivity index (χ3n) is 2.80. The number of imidazole rings is 1. The molecule has 0 aliphatic carbocycles. The lowest BCUT2D eigenvalue weighted by molar-refractivity contribution is -0.128. The number of aromatic amines is 1. The molecule has 0 spiro atoms. The van der Waals surface area contributed by atoms with Gasteiger partial charge in [-0.2, -0.15) is 0 Å². The highest BCUT2D eigenvalue weighted by Gasteiger charge is 2.19. The molecule has 0 radical (unpaired) electrons. The van der Waals surface area contributed by atoms with E-state index in [9.17, 15) is 4.79 Å². The number of ether oxygens (including phenoxy) is 1. The van der Waals surface area contributed by atoms with Crippen molar-refractivity contribution in [3.63, 3.8) is 0 Å². The van der Waals surface area contributed by atoms with Crippen LogP contribution >= 0.6 is 11.6 Å². The normalized spacial score (nSPS) is 13.6. The molecule has 106 valence electrons. The van der Waals surface area contributed by atoms with Crippen molar-refractivity contribution in [2.75, 3.05) is 0 Å². The summed E-state index contributed by atoms with van der Waals surface area (Å²) in [6.45, 7) is 3.52. The van der Waals surface area contributed by atoms with Crippen molar-refractivity contribution >= 4 is 17.5 Å². The van der Waals surface area contributed by atoms with Crippen LogP contribution in [0.25, 0.3) is 0 Å². The van der Waals surface area contributed by atoms with Gasteiger partial charge in [-0.15, -0.1) is 0 Å². The lowest BCUT2D eigenvalue weighted by Crippen LogP contribution is -2.38. The van der Waals surface area contributed by atoms with Crippen LogP contribution < -0.4 is 10.1 Å². The highest BCUT2D eigenvalue weighted by atomic mass is 35.5. The zero-order chi connectivity index (χ0) is 14.5. The molecule has 0 fully saturated rings. The van der Waals surface area contributed by atoms with Crippen molar-refractivity contribution < 1.29 is 9.53 Å². The topological polar surface area (TPSA) is 67.0 Å². The van der Waals surface area contributed by atoms with Gasteiger partial charge in [0.15, 0.2) is 6.10 Å². The number of benzene rings is 1. The SMILES string of the molecule is CC(Oc1ccccc1Cl)C(=O)NC(C)c1ncc[nH]1. The molecule has 2 unspecified atom stereocenters. The van der Waals surface area contributed by atoms with Crippen LogP contribution in [0.4, 0.5) is 0 Å². The molecule has 0 aliphatic rings. The third-order valence-corrected chi connectivity index (χ3v) is 3.11. The number of amides is 1. The Morgan fingerprint density at radius 1 is 1.40 bits per heavy atom. The molecular weight excluding hydrogens is 278 g/mol. The van der Waals surface area contributed by atoms with E-state index in [2.05, 4.69) is 15.3 Å². The van der Waals surface area contributed by atoms with Crippen molar-refractivity contribution in [2.24, 2.45) is 0 Å². The molecule has 1 amide bonds. The number of halogens is 1. The Labute approximate surface area is 122 Å². The first-order chi connectivity index (χ1) is 9.58. The molecule has 2 rings (SSSR count). The van der Waals surface area contributed by atoms with Gasteiger partial charge in [-0.05, 0) is 26.0 Å². The Morgan fingerprint density at radius 3 is 2.80 bits per heavy atom. The van der Waals surface area contributed by atoms with Crippen molar-refractivity contribution in [1.82, 2.24) is 15.3 Å². The predicted octanol–water partition coefficient (Wildman–Crippen LogP) is 2.71. The fourth-order valence-corrected chi connectivity index (χ4v) is 1.88. The van der Waals surface area contributed by atoms with Gasteiger partial charge >= 0.3 is 0 Å². The van der Waals surface area contributed by atoms with Crippen molar-refractivity contribution in [2.45, 2.75) is 26.0 Å². The molecule has 0 aliphatic heterocycles. The lowest BCUT2D eigenvalue weighted by Gasteiger charge is -2.18. The van der Waals surface area contributed by atoms with Crippen LogP contribution in [0.3, 0.4) is 0 Å². The van der Waals surface area contributed by atoms with Gasteiger partial charge in [0.1, 0.15) is 11.6 Å². The number of hydrogen-bond donors (Lipinski definition) is 2. The number of carbonyl (C=O) groups is 1. The average Bonchev–Trinajstić information content (AvgIpc) is 2.95. The number of aromatic nitrogens is 2. The Balaban J connectivity index is 1.94. The van der Waals surface area contributed by atoms with Crippen LogP contribution in [0.5, 0.6) is 5.75 Å². The zero-order valence-corrected chi connectivity index (χ0v) is 12.0. The van der Waals surface area contributed by atoms with Crippen LogP contribution in [-0.2, 0) is 4.79 Å². The number of rotatable bonds is 5. The molecule has 20 heavy (non-hydrogen) atoms. The minimum absolute atomic E-state index is 0.213. The van der Waals surface area contributed by atoms with Gasteiger partial charge in [-0.3, -0.25) is 4.79 Å². The summed E-state index contributed by atoms with van der Waals surface area (Å²) in [6.07, 6.45) is 2.70. The molecule has 1 aromatic carbocycles. The molecule has 2 aromatic rings. The van der Waals surface area contributed by atoms with E-state index in [1.165, 1.54) is 0 Å². The van der Waals surface area contributed by atoms with Gasteiger partial charge in [0.05, 0.1) is 11.1 Å². The van der Waals surface area contributed by atoms with E-state index in [0.29, 0.717) is 16.6 Å². The van der Waals surface area contributed by atoms with Gasteiger partial charge in [0.2, 0.25) is 0 Å². The summed E-state index contributed by atoms with van der Waals surface area (Å²) in [5.41, 5.74) is 0. The van der Waals surface area contributed by atoms with Crippen LogP contribution in [0.1, 0.15) is 25.7 Å². The quantitative estimate of drug-likeness (QED) is 0.891. The molecule has 2 atom stereocenters. The second-order valence-electron chi connectivity index (χ2n) is 4.40. The largest absolute Gasteiger partial charge is 0.479 e. The van der Waals surface area contributed by atoms with Gasteiger partial charge in [-0.25, -0.2) is 4.98 Å². The van der Waals surface area contributed by atoms with Crippen LogP contribution in [0.15, 0.2) is 36.7 Å². The fourth-order valence-electron chi connectivity index (χ4n) is 1.70. The molecule has 0 saturated carbocycles. The van der Waals surface area contributed by atoms with Crippen molar-refractivity contribution in [1.29, 1.82) is 0 Å². The van der Waals surface area contributed by atoms with Gasteiger partial charge in [0, 0.05) is 12.4 Å². The summed E-state index contributed by atoms with van der Waals surface area (Å²) < 4.78 is 5.55. The summed E-state index contributed by atoms with van der Waals surface area (Å²) in [5, 5.41) is 3.30. The molecule has 1 aromatic heterocycles. The van der Waals surface area contributed by atoms with Gasteiger partial charge < -0.3 is 15.0 Å². The van der Waals surface area contributed by atoms with Gasteiger partial charge in [0.25, 0.3) is 5.91 Å². The smallest absolute Gasteiger partial charge is 0.261 e. The minimum atomic E-state index is -0.646.